The van der Waals surface area contributed by atoms with Crippen molar-refractivity contribution in [2.45, 2.75) is 39.0 Å². The van der Waals surface area contributed by atoms with Gasteiger partial charge in [-0.25, -0.2) is 0 Å². The molecule has 1 N–H and O–H groups in total. The third-order valence-electron chi connectivity index (χ3n) is 5.03. The summed E-state index contributed by atoms with van der Waals surface area (Å²) < 4.78 is 5.92. The molecule has 2 saturated carbocycles. The van der Waals surface area contributed by atoms with E-state index in [4.69, 9.17) is 4.74 Å². The quantitative estimate of drug-likeness (QED) is 0.726. The predicted molar refractivity (Wildman–Crippen MR) is 83.0 cm³/mol. The standard InChI is InChI=1S/C18H27NO/c1-2-9-19-14-18(12-15-11-16(15)13-18)8-10-20-17-6-4-3-5-7-17/h3-7,15-16,19H,2,8-14H2,1H3. The maximum atomic E-state index is 5.92. The van der Waals surface area contributed by atoms with Crippen LogP contribution in [0.15, 0.2) is 30.3 Å². The third-order valence-corrected chi connectivity index (χ3v) is 5.03. The SMILES string of the molecule is CCCNCC1(CCOc2ccccc2)CC2CC2C1. The molecule has 2 heteroatoms. The Hall–Kier alpha value is -1.02. The first kappa shape index (κ1) is 13.9. The highest BCUT2D eigenvalue weighted by atomic mass is 16.5. The molecule has 2 aliphatic carbocycles. The van der Waals surface area contributed by atoms with Crippen LogP contribution in [0.3, 0.4) is 0 Å². The third kappa shape index (κ3) is 3.35. The maximum Gasteiger partial charge on any atom is 0.119 e. The first-order valence-corrected chi connectivity index (χ1v) is 8.20. The molecule has 110 valence electrons. The Balaban J connectivity index is 1.49. The van der Waals surface area contributed by atoms with Crippen molar-refractivity contribution >= 4 is 0 Å². The molecule has 2 atom stereocenters. The minimum absolute atomic E-state index is 0.511. The van der Waals surface area contributed by atoms with Gasteiger partial charge in [0.25, 0.3) is 0 Å². The molecule has 2 fully saturated rings. The highest BCUT2D eigenvalue weighted by Crippen LogP contribution is 2.60. The summed E-state index contributed by atoms with van der Waals surface area (Å²) in [7, 11) is 0. The normalized spacial score (nSPS) is 31.1. The van der Waals surface area contributed by atoms with Crippen molar-refractivity contribution in [3.63, 3.8) is 0 Å². The van der Waals surface area contributed by atoms with Crippen molar-refractivity contribution < 1.29 is 4.74 Å². The Kier molecular flexibility index (Phi) is 4.30. The van der Waals surface area contributed by atoms with Crippen molar-refractivity contribution in [3.8, 4) is 5.75 Å². The van der Waals surface area contributed by atoms with Crippen LogP contribution in [0.1, 0.15) is 39.0 Å². The highest BCUT2D eigenvalue weighted by Gasteiger charge is 2.53. The summed E-state index contributed by atoms with van der Waals surface area (Å²) in [5.41, 5.74) is 0.511. The predicted octanol–water partition coefficient (Wildman–Crippen LogP) is 3.87. The number of ether oxygens (including phenoxy) is 1. The summed E-state index contributed by atoms with van der Waals surface area (Å²) in [5, 5.41) is 3.65. The first-order valence-electron chi connectivity index (χ1n) is 8.20. The van der Waals surface area contributed by atoms with Gasteiger partial charge in [-0.1, -0.05) is 25.1 Å². The first-order chi connectivity index (χ1) is 9.81. The van der Waals surface area contributed by atoms with Crippen LogP contribution in [-0.2, 0) is 0 Å². The van der Waals surface area contributed by atoms with E-state index in [0.29, 0.717) is 5.41 Å². The van der Waals surface area contributed by atoms with Gasteiger partial charge < -0.3 is 10.1 Å². The van der Waals surface area contributed by atoms with E-state index in [1.165, 1.54) is 38.6 Å². The molecule has 0 amide bonds. The summed E-state index contributed by atoms with van der Waals surface area (Å²) in [4.78, 5) is 0. The van der Waals surface area contributed by atoms with Crippen LogP contribution >= 0.6 is 0 Å². The van der Waals surface area contributed by atoms with Gasteiger partial charge in [-0.05, 0) is 68.0 Å². The average molecular weight is 273 g/mol. The Bertz CT molecular complexity index is 407. The van der Waals surface area contributed by atoms with E-state index in [1.54, 1.807) is 0 Å². The van der Waals surface area contributed by atoms with Crippen LogP contribution in [0.4, 0.5) is 0 Å². The van der Waals surface area contributed by atoms with E-state index in [9.17, 15) is 0 Å². The van der Waals surface area contributed by atoms with Gasteiger partial charge in [0, 0.05) is 6.54 Å². The molecule has 0 bridgehead atoms. The molecule has 1 aromatic carbocycles. The molecule has 20 heavy (non-hydrogen) atoms. The van der Waals surface area contributed by atoms with Crippen molar-refractivity contribution in [2.75, 3.05) is 19.7 Å². The van der Waals surface area contributed by atoms with Gasteiger partial charge in [0.2, 0.25) is 0 Å². The topological polar surface area (TPSA) is 21.3 Å². The van der Waals surface area contributed by atoms with Gasteiger partial charge >= 0.3 is 0 Å². The lowest BCUT2D eigenvalue weighted by Crippen LogP contribution is -2.35. The summed E-state index contributed by atoms with van der Waals surface area (Å²) >= 11 is 0. The number of rotatable bonds is 8. The smallest absolute Gasteiger partial charge is 0.119 e. The molecule has 2 unspecified atom stereocenters. The second kappa shape index (κ2) is 6.17. The molecule has 3 rings (SSSR count). The number of benzene rings is 1. The zero-order chi connectivity index (χ0) is 13.8. The molecule has 2 aliphatic rings. The van der Waals surface area contributed by atoms with E-state index in [1.807, 2.05) is 30.3 Å². The molecular weight excluding hydrogens is 246 g/mol. The zero-order valence-electron chi connectivity index (χ0n) is 12.6. The van der Waals surface area contributed by atoms with E-state index in [-0.39, 0.29) is 0 Å². The zero-order valence-corrected chi connectivity index (χ0v) is 12.6. The molecule has 2 nitrogen and oxygen atoms in total. The minimum atomic E-state index is 0.511. The number of nitrogens with one attached hydrogen (secondary N) is 1. The van der Waals surface area contributed by atoms with E-state index in [2.05, 4.69) is 12.2 Å². The Morgan fingerprint density at radius 2 is 1.95 bits per heavy atom. The van der Waals surface area contributed by atoms with Gasteiger partial charge in [-0.15, -0.1) is 0 Å². The van der Waals surface area contributed by atoms with Crippen LogP contribution in [-0.4, -0.2) is 19.7 Å². The maximum absolute atomic E-state index is 5.92. The average Bonchev–Trinajstić information content (AvgIpc) is 3.08. The minimum Gasteiger partial charge on any atom is -0.494 e. The van der Waals surface area contributed by atoms with Crippen molar-refractivity contribution in [1.29, 1.82) is 0 Å². The summed E-state index contributed by atoms with van der Waals surface area (Å²) in [6.07, 6.45) is 6.77. The fourth-order valence-corrected chi connectivity index (χ4v) is 3.88. The second-order valence-electron chi connectivity index (χ2n) is 6.75. The number of para-hydroxylation sites is 1. The van der Waals surface area contributed by atoms with Crippen LogP contribution in [0.2, 0.25) is 0 Å². The number of fused-ring (bicyclic) bond motifs is 1. The van der Waals surface area contributed by atoms with Gasteiger partial charge in [-0.2, -0.15) is 0 Å². The van der Waals surface area contributed by atoms with Crippen LogP contribution < -0.4 is 10.1 Å². The van der Waals surface area contributed by atoms with Crippen molar-refractivity contribution in [3.05, 3.63) is 30.3 Å². The fourth-order valence-electron chi connectivity index (χ4n) is 3.88. The van der Waals surface area contributed by atoms with Gasteiger partial charge in [0.1, 0.15) is 5.75 Å². The van der Waals surface area contributed by atoms with Crippen LogP contribution in [0, 0.1) is 17.3 Å². The molecule has 0 spiro atoms. The lowest BCUT2D eigenvalue weighted by atomic mass is 9.80. The molecule has 0 radical (unpaired) electrons. The van der Waals surface area contributed by atoms with Gasteiger partial charge in [0.15, 0.2) is 0 Å². The van der Waals surface area contributed by atoms with Crippen LogP contribution in [0.25, 0.3) is 0 Å². The van der Waals surface area contributed by atoms with E-state index >= 15 is 0 Å². The Labute approximate surface area is 122 Å². The molecular formula is C18H27NO. The highest BCUT2D eigenvalue weighted by molar-refractivity contribution is 5.20. The Morgan fingerprint density at radius 1 is 1.20 bits per heavy atom. The fraction of sp³-hybridized carbons (Fsp3) is 0.667. The van der Waals surface area contributed by atoms with E-state index in [0.717, 1.165) is 30.7 Å². The van der Waals surface area contributed by atoms with Crippen molar-refractivity contribution in [1.82, 2.24) is 5.32 Å². The Morgan fingerprint density at radius 3 is 2.65 bits per heavy atom. The largest absolute Gasteiger partial charge is 0.494 e. The lowest BCUT2D eigenvalue weighted by molar-refractivity contribution is 0.177. The van der Waals surface area contributed by atoms with Crippen molar-refractivity contribution in [2.24, 2.45) is 17.3 Å². The molecule has 1 aromatic rings. The molecule has 0 aliphatic heterocycles. The second-order valence-corrected chi connectivity index (χ2v) is 6.75. The van der Waals surface area contributed by atoms with Gasteiger partial charge in [-0.3, -0.25) is 0 Å². The molecule has 0 heterocycles. The van der Waals surface area contributed by atoms with E-state index < -0.39 is 0 Å². The summed E-state index contributed by atoms with van der Waals surface area (Å²) in [5.74, 6) is 3.08. The monoisotopic (exact) mass is 273 g/mol. The number of hydrogen-bond donors (Lipinski definition) is 1. The molecule has 0 saturated heterocycles. The summed E-state index contributed by atoms with van der Waals surface area (Å²) in [6.45, 7) is 5.43. The van der Waals surface area contributed by atoms with Gasteiger partial charge in [0.05, 0.1) is 6.61 Å². The molecule has 0 aromatic heterocycles. The lowest BCUT2D eigenvalue weighted by Gasteiger charge is -2.31. The van der Waals surface area contributed by atoms with Crippen LogP contribution in [0.5, 0.6) is 5.75 Å². The summed E-state index contributed by atoms with van der Waals surface area (Å²) in [6, 6.07) is 10.2. The number of hydrogen-bond acceptors (Lipinski definition) is 2.